The van der Waals surface area contributed by atoms with Crippen molar-refractivity contribution in [3.63, 3.8) is 0 Å². The van der Waals surface area contributed by atoms with Crippen LogP contribution in [0.5, 0.6) is 0 Å². The van der Waals surface area contributed by atoms with E-state index in [9.17, 15) is 0 Å². The molecular weight excluding hydrogens is 226 g/mol. The van der Waals surface area contributed by atoms with Gasteiger partial charge in [-0.1, -0.05) is 37.3 Å². The Morgan fingerprint density at radius 2 is 1.83 bits per heavy atom. The third-order valence-electron chi connectivity index (χ3n) is 3.60. The molecule has 0 aliphatic heterocycles. The third-order valence-corrected chi connectivity index (χ3v) is 3.60. The Hall–Kier alpha value is -1.68. The highest BCUT2D eigenvalue weighted by Crippen LogP contribution is 2.41. The molecule has 1 heterocycles. The van der Waals surface area contributed by atoms with Gasteiger partial charge in [0.25, 0.3) is 0 Å². The van der Waals surface area contributed by atoms with Crippen LogP contribution >= 0.6 is 0 Å². The van der Waals surface area contributed by atoms with Crippen LogP contribution in [-0.4, -0.2) is 10.2 Å². The van der Waals surface area contributed by atoms with Crippen LogP contribution in [0.1, 0.15) is 49.1 Å². The van der Waals surface area contributed by atoms with Gasteiger partial charge in [-0.3, -0.25) is 0 Å². The van der Waals surface area contributed by atoms with Gasteiger partial charge < -0.3 is 10.2 Å². The first-order valence-corrected chi connectivity index (χ1v) is 6.39. The van der Waals surface area contributed by atoms with Crippen molar-refractivity contribution in [1.82, 2.24) is 10.2 Å². The summed E-state index contributed by atoms with van der Waals surface area (Å²) in [5.74, 6) is 2.29. The summed E-state index contributed by atoms with van der Waals surface area (Å²) in [5.41, 5.74) is 7.12. The second-order valence-electron chi connectivity index (χ2n) is 4.99. The van der Waals surface area contributed by atoms with Crippen LogP contribution in [0.25, 0.3) is 0 Å². The molecule has 0 bridgehead atoms. The van der Waals surface area contributed by atoms with Crippen molar-refractivity contribution in [2.75, 3.05) is 0 Å². The Kier molecular flexibility index (Phi) is 2.88. The maximum Gasteiger partial charge on any atom is 0.237 e. The van der Waals surface area contributed by atoms with Gasteiger partial charge in [0, 0.05) is 5.92 Å². The van der Waals surface area contributed by atoms with Gasteiger partial charge in [-0.15, -0.1) is 10.2 Å². The number of hydrogen-bond acceptors (Lipinski definition) is 4. The summed E-state index contributed by atoms with van der Waals surface area (Å²) in [6.07, 6.45) is 2.53. The van der Waals surface area contributed by atoms with Gasteiger partial charge in [0.15, 0.2) is 0 Å². The Bertz CT molecular complexity index is 519. The third kappa shape index (κ3) is 2.16. The zero-order valence-electron chi connectivity index (χ0n) is 10.4. The first kappa shape index (κ1) is 11.4. The Balaban J connectivity index is 1.80. The molecule has 2 atom stereocenters. The van der Waals surface area contributed by atoms with E-state index in [-0.39, 0.29) is 6.04 Å². The van der Waals surface area contributed by atoms with Crippen LogP contribution in [-0.2, 0) is 0 Å². The molecule has 4 heteroatoms. The van der Waals surface area contributed by atoms with E-state index in [2.05, 4.69) is 17.1 Å². The summed E-state index contributed by atoms with van der Waals surface area (Å²) in [6.45, 7) is 2.14. The number of benzene rings is 1. The topological polar surface area (TPSA) is 64.9 Å². The highest BCUT2D eigenvalue weighted by Gasteiger charge is 2.32. The normalized spacial score (nSPS) is 18.6. The predicted octanol–water partition coefficient (Wildman–Crippen LogP) is 2.63. The van der Waals surface area contributed by atoms with Crippen LogP contribution in [0.2, 0.25) is 0 Å². The van der Waals surface area contributed by atoms with E-state index < -0.39 is 0 Å². The second-order valence-corrected chi connectivity index (χ2v) is 4.99. The van der Waals surface area contributed by atoms with Gasteiger partial charge in [-0.2, -0.15) is 0 Å². The van der Waals surface area contributed by atoms with Crippen LogP contribution in [0, 0.1) is 5.92 Å². The summed E-state index contributed by atoms with van der Waals surface area (Å²) in [7, 11) is 0. The number of hydrogen-bond donors (Lipinski definition) is 1. The molecule has 0 radical (unpaired) electrons. The van der Waals surface area contributed by atoms with Gasteiger partial charge in [0.2, 0.25) is 11.8 Å². The summed E-state index contributed by atoms with van der Waals surface area (Å²) in [4.78, 5) is 0. The largest absolute Gasteiger partial charge is 0.423 e. The fourth-order valence-corrected chi connectivity index (χ4v) is 2.16. The minimum absolute atomic E-state index is 0.334. The van der Waals surface area contributed by atoms with Crippen molar-refractivity contribution >= 4 is 0 Å². The van der Waals surface area contributed by atoms with Crippen LogP contribution < -0.4 is 5.73 Å². The summed E-state index contributed by atoms with van der Waals surface area (Å²) in [5, 5.41) is 8.21. The van der Waals surface area contributed by atoms with E-state index >= 15 is 0 Å². The summed E-state index contributed by atoms with van der Waals surface area (Å²) < 4.78 is 5.72. The highest BCUT2D eigenvalue weighted by molar-refractivity contribution is 5.22. The molecule has 0 saturated heterocycles. The maximum absolute atomic E-state index is 6.13. The lowest BCUT2D eigenvalue weighted by atomic mass is 10.1. The molecule has 1 aliphatic carbocycles. The predicted molar refractivity (Wildman–Crippen MR) is 67.9 cm³/mol. The minimum Gasteiger partial charge on any atom is -0.423 e. The quantitative estimate of drug-likeness (QED) is 0.896. The van der Waals surface area contributed by atoms with E-state index in [4.69, 9.17) is 10.2 Å². The summed E-state index contributed by atoms with van der Waals surface area (Å²) in [6, 6.07) is 9.49. The van der Waals surface area contributed by atoms with Gasteiger partial charge in [0.05, 0.1) is 0 Å². The van der Waals surface area contributed by atoms with Crippen LogP contribution in [0.3, 0.4) is 0 Å². The fourth-order valence-electron chi connectivity index (χ4n) is 2.16. The molecule has 1 saturated carbocycles. The molecule has 4 nitrogen and oxygen atoms in total. The monoisotopic (exact) mass is 243 g/mol. The van der Waals surface area contributed by atoms with E-state index in [1.165, 1.54) is 12.8 Å². The maximum atomic E-state index is 6.13. The lowest BCUT2D eigenvalue weighted by Gasteiger charge is -2.07. The second kappa shape index (κ2) is 4.53. The van der Waals surface area contributed by atoms with E-state index in [0.717, 1.165) is 11.5 Å². The van der Waals surface area contributed by atoms with Gasteiger partial charge in [0.1, 0.15) is 6.04 Å². The van der Waals surface area contributed by atoms with Crippen LogP contribution in [0.4, 0.5) is 0 Å². The Morgan fingerprint density at radius 3 is 2.50 bits per heavy atom. The molecule has 94 valence electrons. The highest BCUT2D eigenvalue weighted by atomic mass is 16.4. The molecule has 1 aromatic carbocycles. The van der Waals surface area contributed by atoms with Crippen molar-refractivity contribution in [2.24, 2.45) is 11.7 Å². The van der Waals surface area contributed by atoms with E-state index in [1.807, 2.05) is 30.3 Å². The molecular formula is C14H17N3O. The zero-order valence-corrected chi connectivity index (χ0v) is 10.4. The molecule has 2 unspecified atom stereocenters. The van der Waals surface area contributed by atoms with Crippen LogP contribution in [0.15, 0.2) is 34.7 Å². The van der Waals surface area contributed by atoms with E-state index in [0.29, 0.717) is 17.7 Å². The van der Waals surface area contributed by atoms with Crippen molar-refractivity contribution < 1.29 is 4.42 Å². The fraction of sp³-hybridized carbons (Fsp3) is 0.429. The smallest absolute Gasteiger partial charge is 0.237 e. The Labute approximate surface area is 106 Å². The summed E-state index contributed by atoms with van der Waals surface area (Å²) >= 11 is 0. The lowest BCUT2D eigenvalue weighted by molar-refractivity contribution is 0.398. The van der Waals surface area contributed by atoms with Crippen molar-refractivity contribution in [3.8, 4) is 0 Å². The standard InChI is InChI=1S/C14H17N3O/c1-9(10-7-8-10)13-16-17-14(18-13)12(15)11-5-3-2-4-6-11/h2-6,9-10,12H,7-8,15H2,1H3. The average Bonchev–Trinajstić information content (AvgIpc) is 3.15. The average molecular weight is 243 g/mol. The Morgan fingerprint density at radius 1 is 1.17 bits per heavy atom. The lowest BCUT2D eigenvalue weighted by Crippen LogP contribution is -2.12. The SMILES string of the molecule is CC(c1nnc(C(N)c2ccccc2)o1)C1CC1. The molecule has 2 N–H and O–H groups in total. The van der Waals surface area contributed by atoms with Crippen molar-refractivity contribution in [3.05, 3.63) is 47.7 Å². The molecule has 3 rings (SSSR count). The van der Waals surface area contributed by atoms with E-state index in [1.54, 1.807) is 0 Å². The number of nitrogens with two attached hydrogens (primary N) is 1. The first-order chi connectivity index (χ1) is 8.75. The molecule has 0 amide bonds. The molecule has 1 aliphatic rings. The number of rotatable bonds is 4. The molecule has 1 fully saturated rings. The minimum atomic E-state index is -0.334. The van der Waals surface area contributed by atoms with Gasteiger partial charge >= 0.3 is 0 Å². The first-order valence-electron chi connectivity index (χ1n) is 6.39. The number of aromatic nitrogens is 2. The molecule has 18 heavy (non-hydrogen) atoms. The molecule has 0 spiro atoms. The number of nitrogens with zero attached hydrogens (tertiary/aromatic N) is 2. The zero-order chi connectivity index (χ0) is 12.5. The molecule has 2 aromatic rings. The van der Waals surface area contributed by atoms with Crippen molar-refractivity contribution in [2.45, 2.75) is 31.7 Å². The van der Waals surface area contributed by atoms with Gasteiger partial charge in [-0.25, -0.2) is 0 Å². The molecule has 1 aromatic heterocycles. The van der Waals surface area contributed by atoms with Crippen molar-refractivity contribution in [1.29, 1.82) is 0 Å². The van der Waals surface area contributed by atoms with Gasteiger partial charge in [-0.05, 0) is 24.3 Å².